The van der Waals surface area contributed by atoms with Gasteiger partial charge in [0.1, 0.15) is 21.0 Å². The van der Waals surface area contributed by atoms with Gasteiger partial charge in [-0.2, -0.15) is 0 Å². The highest BCUT2D eigenvalue weighted by molar-refractivity contribution is 8.03. The molecule has 2 heterocycles. The number of aromatic hydroxyl groups is 2. The summed E-state index contributed by atoms with van der Waals surface area (Å²) in [7, 11) is 2.26. The summed E-state index contributed by atoms with van der Waals surface area (Å²) in [5.41, 5.74) is -7.33. The van der Waals surface area contributed by atoms with E-state index in [0.29, 0.717) is 11.8 Å². The van der Waals surface area contributed by atoms with E-state index in [-0.39, 0.29) is 11.1 Å². The highest BCUT2D eigenvalue weighted by Gasteiger charge is 2.78. The third-order valence-corrected chi connectivity index (χ3v) is 12.3. The number of benzene rings is 2. The Morgan fingerprint density at radius 3 is 1.43 bits per heavy atom. The molecular weight excluding hydrogens is 664 g/mol. The molecule has 2 aromatic rings. The third kappa shape index (κ3) is 4.55. The number of thioether (sulfide) groups is 1. The standard InChI is InChI=1S/C34H34O14S/c1-15-33(43)29(41)25-19(7-5-9-21(25)35)27(39)31(33,13-17(47-15)11-23(37)45-3)49-32-14-18(12-24(38)46-4)48-16(2)34(32,44)30(42)26-20(28(32)40)8-6-10-22(26)36/h5-10,15-18,35-36,43-44H,11-14H2,1-4H3/t15-,16+,17+,18-,31-,32-,33+,34-/m0/s1. The molecule has 0 aromatic heterocycles. The number of rotatable bonds is 6. The van der Waals surface area contributed by atoms with Gasteiger partial charge in [0.25, 0.3) is 0 Å². The fraction of sp³-hybridized carbons (Fsp3) is 0.471. The van der Waals surface area contributed by atoms with Crippen LogP contribution in [-0.4, -0.2) is 115 Å². The minimum atomic E-state index is -2.86. The molecule has 0 amide bonds. The number of aliphatic hydroxyl groups is 2. The van der Waals surface area contributed by atoms with Crippen LogP contribution in [0.15, 0.2) is 36.4 Å². The van der Waals surface area contributed by atoms with Crippen LogP contribution in [0, 0.1) is 0 Å². The van der Waals surface area contributed by atoms with E-state index in [1.807, 2.05) is 0 Å². The summed E-state index contributed by atoms with van der Waals surface area (Å²) in [4.78, 5) is 83.9. The molecule has 2 aliphatic heterocycles. The van der Waals surface area contributed by atoms with E-state index in [4.69, 9.17) is 18.9 Å². The van der Waals surface area contributed by atoms with Crippen LogP contribution in [0.2, 0.25) is 0 Å². The zero-order chi connectivity index (χ0) is 35.8. The summed E-state index contributed by atoms with van der Waals surface area (Å²) in [6, 6.07) is 7.44. The van der Waals surface area contributed by atoms with Crippen LogP contribution in [-0.2, 0) is 28.5 Å². The first kappa shape index (κ1) is 34.7. The molecule has 2 saturated heterocycles. The Bertz CT molecular complexity index is 1690. The predicted octanol–water partition coefficient (Wildman–Crippen LogP) is 1.71. The zero-order valence-electron chi connectivity index (χ0n) is 26.9. The summed E-state index contributed by atoms with van der Waals surface area (Å²) in [5.74, 6) is -6.87. The van der Waals surface area contributed by atoms with Crippen LogP contribution >= 0.6 is 11.8 Å². The smallest absolute Gasteiger partial charge is 0.308 e. The Morgan fingerprint density at radius 2 is 1.08 bits per heavy atom. The Morgan fingerprint density at radius 1 is 0.714 bits per heavy atom. The molecule has 14 nitrogen and oxygen atoms in total. The van der Waals surface area contributed by atoms with Gasteiger partial charge in [-0.05, 0) is 38.8 Å². The molecule has 4 aliphatic rings. The molecule has 260 valence electrons. The molecule has 2 fully saturated rings. The van der Waals surface area contributed by atoms with Crippen LogP contribution in [0.25, 0.3) is 0 Å². The van der Waals surface area contributed by atoms with Gasteiger partial charge in [-0.1, -0.05) is 24.3 Å². The lowest BCUT2D eigenvalue weighted by Gasteiger charge is -2.61. The van der Waals surface area contributed by atoms with Gasteiger partial charge in [0.05, 0.1) is 62.6 Å². The van der Waals surface area contributed by atoms with Gasteiger partial charge in [-0.3, -0.25) is 28.8 Å². The lowest BCUT2D eigenvalue weighted by Crippen LogP contribution is -2.79. The lowest BCUT2D eigenvalue weighted by atomic mass is 9.63. The summed E-state index contributed by atoms with van der Waals surface area (Å²) in [5, 5.41) is 46.8. The highest BCUT2D eigenvalue weighted by atomic mass is 32.2. The average Bonchev–Trinajstić information content (AvgIpc) is 3.06. The fourth-order valence-corrected chi connectivity index (χ4v) is 10.3. The van der Waals surface area contributed by atoms with E-state index in [2.05, 4.69) is 0 Å². The Hall–Kier alpha value is -4.15. The Balaban J connectivity index is 1.66. The van der Waals surface area contributed by atoms with Crippen molar-refractivity contribution in [3.8, 4) is 11.5 Å². The maximum absolute atomic E-state index is 15.0. The van der Waals surface area contributed by atoms with Crippen LogP contribution in [0.1, 0.15) is 81.0 Å². The van der Waals surface area contributed by atoms with Gasteiger partial charge in [0.15, 0.2) is 22.8 Å². The molecule has 6 rings (SSSR count). The molecule has 15 heteroatoms. The van der Waals surface area contributed by atoms with Crippen molar-refractivity contribution in [2.75, 3.05) is 14.2 Å². The predicted molar refractivity (Wildman–Crippen MR) is 168 cm³/mol. The van der Waals surface area contributed by atoms with Gasteiger partial charge in [-0.25, -0.2) is 0 Å². The summed E-state index contributed by atoms with van der Waals surface area (Å²) in [6.45, 7) is 2.57. The van der Waals surface area contributed by atoms with Crippen molar-refractivity contribution < 1.29 is 68.1 Å². The van der Waals surface area contributed by atoms with Crippen molar-refractivity contribution in [3.63, 3.8) is 0 Å². The quantitative estimate of drug-likeness (QED) is 0.316. The van der Waals surface area contributed by atoms with Crippen molar-refractivity contribution in [1.82, 2.24) is 0 Å². The number of esters is 2. The van der Waals surface area contributed by atoms with Crippen molar-refractivity contribution in [2.24, 2.45) is 0 Å². The average molecular weight is 699 g/mol. The number of ketones is 4. The van der Waals surface area contributed by atoms with Crippen LogP contribution in [0.3, 0.4) is 0 Å². The second-order valence-electron chi connectivity index (χ2n) is 12.8. The lowest BCUT2D eigenvalue weighted by molar-refractivity contribution is -0.173. The molecule has 2 aliphatic carbocycles. The topological polar surface area (TPSA) is 220 Å². The third-order valence-electron chi connectivity index (χ3n) is 10.3. The Kier molecular flexibility index (Phi) is 8.31. The fourth-order valence-electron chi connectivity index (χ4n) is 7.91. The van der Waals surface area contributed by atoms with E-state index >= 15 is 9.59 Å². The van der Waals surface area contributed by atoms with Crippen molar-refractivity contribution in [1.29, 1.82) is 0 Å². The number of hydrogen-bond acceptors (Lipinski definition) is 15. The molecule has 0 bridgehead atoms. The summed E-state index contributed by atoms with van der Waals surface area (Å²) in [6.07, 6.45) is -7.60. The number of hydrogen-bond donors (Lipinski definition) is 4. The van der Waals surface area contributed by atoms with Crippen molar-refractivity contribution >= 4 is 46.8 Å². The molecule has 0 spiro atoms. The maximum Gasteiger partial charge on any atom is 0.308 e. The number of phenolic OH excluding ortho intramolecular Hbond substituents is 2. The summed E-state index contributed by atoms with van der Waals surface area (Å²) >= 11 is 0.381. The monoisotopic (exact) mass is 698 g/mol. The van der Waals surface area contributed by atoms with Crippen molar-refractivity contribution in [2.45, 2.75) is 84.6 Å². The van der Waals surface area contributed by atoms with Gasteiger partial charge in [0.2, 0.25) is 11.6 Å². The van der Waals surface area contributed by atoms with E-state index < -0.39 is 128 Å². The molecule has 0 radical (unpaired) electrons. The first-order valence-corrected chi connectivity index (χ1v) is 16.3. The van der Waals surface area contributed by atoms with Gasteiger partial charge in [0, 0.05) is 11.1 Å². The highest BCUT2D eigenvalue weighted by Crippen LogP contribution is 2.64. The second kappa shape index (κ2) is 11.7. The molecule has 4 N–H and O–H groups in total. The Labute approximate surface area is 283 Å². The van der Waals surface area contributed by atoms with Crippen LogP contribution in [0.4, 0.5) is 0 Å². The molecule has 0 unspecified atom stereocenters. The molecular formula is C34H34O14S. The summed E-state index contributed by atoms with van der Waals surface area (Å²) < 4.78 is 16.6. The zero-order valence-corrected chi connectivity index (χ0v) is 27.7. The minimum absolute atomic E-state index is 0.313. The molecule has 49 heavy (non-hydrogen) atoms. The number of fused-ring (bicyclic) bond motifs is 4. The molecule has 8 atom stereocenters. The first-order valence-electron chi connectivity index (χ1n) is 15.5. The molecule has 2 aromatic carbocycles. The number of methoxy groups -OCH3 is 2. The SMILES string of the molecule is COC(=O)C[C@@H]1C[C@]2(S[C@]34C[C@H](CC(=O)OC)O[C@H](C)[C@]3(O)C(=O)c3c(O)cccc3C4=O)C(=O)c3cccc(O)c3C(=O)[C@]2(O)[C@H](C)O1. The van der Waals surface area contributed by atoms with Crippen LogP contribution < -0.4 is 0 Å². The molecule has 0 saturated carbocycles. The van der Waals surface area contributed by atoms with E-state index in [0.717, 1.165) is 26.4 Å². The van der Waals surface area contributed by atoms with E-state index in [9.17, 15) is 39.6 Å². The van der Waals surface area contributed by atoms with Crippen molar-refractivity contribution in [3.05, 3.63) is 58.7 Å². The number of phenols is 2. The normalized spacial score (nSPS) is 35.1. The van der Waals surface area contributed by atoms with E-state index in [1.165, 1.54) is 38.1 Å². The van der Waals surface area contributed by atoms with Crippen LogP contribution in [0.5, 0.6) is 11.5 Å². The maximum atomic E-state index is 15.0. The van der Waals surface area contributed by atoms with Gasteiger partial charge < -0.3 is 39.4 Å². The first-order chi connectivity index (χ1) is 23.0. The number of ether oxygens (including phenoxy) is 4. The minimum Gasteiger partial charge on any atom is -0.507 e. The number of carbonyl (C=O) groups excluding carboxylic acids is 6. The largest absolute Gasteiger partial charge is 0.507 e. The number of carbonyl (C=O) groups is 6. The van der Waals surface area contributed by atoms with Gasteiger partial charge in [-0.15, -0.1) is 11.8 Å². The number of Topliss-reactive ketones (excluding diaryl/α,β-unsaturated/α-hetero) is 4. The second-order valence-corrected chi connectivity index (χ2v) is 14.4. The van der Waals surface area contributed by atoms with E-state index in [1.54, 1.807) is 0 Å². The van der Waals surface area contributed by atoms with Gasteiger partial charge >= 0.3 is 11.9 Å².